The van der Waals surface area contributed by atoms with E-state index in [-0.39, 0.29) is 5.57 Å². The number of hydrogen-bond acceptors (Lipinski definition) is 5. The molecule has 0 bridgehead atoms. The van der Waals surface area contributed by atoms with Crippen molar-refractivity contribution in [2.45, 2.75) is 18.7 Å². The van der Waals surface area contributed by atoms with Crippen molar-refractivity contribution in [3.8, 4) is 5.75 Å². The number of halogens is 1. The van der Waals surface area contributed by atoms with E-state index in [1.54, 1.807) is 38.3 Å². The van der Waals surface area contributed by atoms with Crippen LogP contribution in [0.25, 0.3) is 11.1 Å². The molecular weight excluding hydrogens is 383 g/mol. The molecule has 0 radical (unpaired) electrons. The van der Waals surface area contributed by atoms with E-state index in [9.17, 15) is 17.6 Å². The third-order valence-corrected chi connectivity index (χ3v) is 5.60. The van der Waals surface area contributed by atoms with Gasteiger partial charge >= 0.3 is 5.97 Å². The fourth-order valence-electron chi connectivity index (χ4n) is 3.17. The molecule has 1 heterocycles. The highest BCUT2D eigenvalue weighted by Gasteiger charge is 2.32. The van der Waals surface area contributed by atoms with Crippen LogP contribution in [0.15, 0.2) is 53.1 Å². The summed E-state index contributed by atoms with van der Waals surface area (Å²) >= 11 is 0. The molecule has 0 saturated carbocycles. The Hall–Kier alpha value is -2.93. The minimum absolute atomic E-state index is 0.283. The number of sulfone groups is 1. The molecule has 0 saturated heterocycles. The van der Waals surface area contributed by atoms with Crippen molar-refractivity contribution >= 4 is 27.0 Å². The van der Waals surface area contributed by atoms with Crippen molar-refractivity contribution < 1.29 is 27.1 Å². The van der Waals surface area contributed by atoms with Crippen molar-refractivity contribution in [3.63, 3.8) is 0 Å². The quantitative estimate of drug-likeness (QED) is 0.725. The first-order valence-corrected chi connectivity index (χ1v) is 10.3. The predicted octanol–water partition coefficient (Wildman–Crippen LogP) is 3.92. The van der Waals surface area contributed by atoms with Gasteiger partial charge in [0.1, 0.15) is 22.2 Å². The summed E-state index contributed by atoms with van der Waals surface area (Å²) in [6.07, 6.45) is 2.55. The van der Waals surface area contributed by atoms with Gasteiger partial charge < -0.3 is 9.47 Å². The Morgan fingerprint density at radius 1 is 1.07 bits per heavy atom. The Labute approximate surface area is 163 Å². The Balaban J connectivity index is 2.25. The Bertz CT molecular complexity index is 1140. The van der Waals surface area contributed by atoms with Gasteiger partial charge in [0.05, 0.1) is 12.7 Å². The van der Waals surface area contributed by atoms with Crippen molar-refractivity contribution in [2.75, 3.05) is 13.4 Å². The van der Waals surface area contributed by atoms with Gasteiger partial charge in [-0.25, -0.2) is 17.6 Å². The van der Waals surface area contributed by atoms with Gasteiger partial charge in [-0.05, 0) is 60.9 Å². The molecule has 1 aliphatic rings. The fourth-order valence-corrected chi connectivity index (χ4v) is 3.90. The third kappa shape index (κ3) is 3.45. The summed E-state index contributed by atoms with van der Waals surface area (Å²) < 4.78 is 48.4. The average molecular weight is 402 g/mol. The molecule has 0 unspecified atom stereocenters. The second-order valence-corrected chi connectivity index (χ2v) is 8.38. The minimum Gasteiger partial charge on any atom is -0.496 e. The van der Waals surface area contributed by atoms with Crippen LogP contribution in [0.4, 0.5) is 4.39 Å². The predicted molar refractivity (Wildman–Crippen MR) is 104 cm³/mol. The molecule has 0 fully saturated rings. The summed E-state index contributed by atoms with van der Waals surface area (Å²) in [6, 6.07) is 9.02. The van der Waals surface area contributed by atoms with E-state index >= 15 is 0 Å². The number of allylic oxidation sites excluding steroid dienone is 2. The Morgan fingerprint density at radius 2 is 1.71 bits per heavy atom. The average Bonchev–Trinajstić information content (AvgIpc) is 2.96. The second-order valence-electron chi connectivity index (χ2n) is 6.39. The van der Waals surface area contributed by atoms with Gasteiger partial charge in [-0.2, -0.15) is 0 Å². The van der Waals surface area contributed by atoms with E-state index in [0.29, 0.717) is 28.2 Å². The first-order chi connectivity index (χ1) is 13.2. The van der Waals surface area contributed by atoms with Crippen molar-refractivity contribution in [1.82, 2.24) is 0 Å². The van der Waals surface area contributed by atoms with Crippen LogP contribution in [-0.2, 0) is 19.4 Å². The highest BCUT2D eigenvalue weighted by atomic mass is 32.2. The SMILES string of the molecule is C/C=C1\OC(=O)C(c2ccc(OC)c(C)c2)=C1c1ccc(S(C)(=O)=O)c(F)c1. The standard InChI is InChI=1S/C21H19FO5S/c1-5-16-19(14-7-9-18(15(22)11-14)28(4,24)25)20(21(23)27-16)13-6-8-17(26-3)12(2)10-13/h5-11H,1-4H3/b16-5-. The zero-order valence-corrected chi connectivity index (χ0v) is 16.7. The van der Waals surface area contributed by atoms with E-state index < -0.39 is 26.5 Å². The molecule has 0 spiro atoms. The van der Waals surface area contributed by atoms with E-state index in [1.165, 1.54) is 12.1 Å². The molecule has 0 aromatic heterocycles. The maximum absolute atomic E-state index is 14.5. The van der Waals surface area contributed by atoms with Gasteiger partial charge in [-0.1, -0.05) is 12.1 Å². The van der Waals surface area contributed by atoms with Crippen LogP contribution in [0.5, 0.6) is 5.75 Å². The van der Waals surface area contributed by atoms with Gasteiger partial charge in [-0.15, -0.1) is 0 Å². The molecule has 2 aromatic carbocycles. The van der Waals surface area contributed by atoms with Crippen LogP contribution in [0.3, 0.4) is 0 Å². The summed E-state index contributed by atoms with van der Waals surface area (Å²) in [4.78, 5) is 12.2. The Kier molecular flexibility index (Phi) is 5.12. The maximum Gasteiger partial charge on any atom is 0.344 e. The van der Waals surface area contributed by atoms with E-state index in [1.807, 2.05) is 6.92 Å². The van der Waals surface area contributed by atoms with E-state index in [0.717, 1.165) is 17.9 Å². The van der Waals surface area contributed by atoms with Gasteiger partial charge in [0, 0.05) is 11.8 Å². The smallest absolute Gasteiger partial charge is 0.344 e. The topological polar surface area (TPSA) is 69.7 Å². The fraction of sp³-hybridized carbons (Fsp3) is 0.190. The molecule has 0 amide bonds. The first-order valence-electron chi connectivity index (χ1n) is 8.45. The molecule has 2 aromatic rings. The third-order valence-electron chi connectivity index (χ3n) is 4.47. The molecule has 146 valence electrons. The molecule has 0 atom stereocenters. The Morgan fingerprint density at radius 3 is 2.25 bits per heavy atom. The van der Waals surface area contributed by atoms with Gasteiger partial charge in [0.25, 0.3) is 0 Å². The van der Waals surface area contributed by atoms with Crippen molar-refractivity contribution in [2.24, 2.45) is 0 Å². The highest BCUT2D eigenvalue weighted by Crippen LogP contribution is 2.41. The number of cyclic esters (lactones) is 1. The van der Waals surface area contributed by atoms with Crippen LogP contribution in [0.1, 0.15) is 23.6 Å². The molecule has 0 N–H and O–H groups in total. The number of esters is 1. The van der Waals surface area contributed by atoms with Crippen molar-refractivity contribution in [3.05, 3.63) is 70.7 Å². The second kappa shape index (κ2) is 7.24. The van der Waals surface area contributed by atoms with Crippen molar-refractivity contribution in [1.29, 1.82) is 0 Å². The minimum atomic E-state index is -3.70. The van der Waals surface area contributed by atoms with E-state index in [2.05, 4.69) is 0 Å². The first kappa shape index (κ1) is 19.8. The zero-order valence-electron chi connectivity index (χ0n) is 15.9. The van der Waals surface area contributed by atoms with Crippen LogP contribution >= 0.6 is 0 Å². The molecule has 0 aliphatic carbocycles. The monoisotopic (exact) mass is 402 g/mol. The summed E-state index contributed by atoms with van der Waals surface area (Å²) in [5.74, 6) is -0.472. The molecule has 7 heteroatoms. The lowest BCUT2D eigenvalue weighted by atomic mass is 9.94. The van der Waals surface area contributed by atoms with Crippen LogP contribution in [0, 0.1) is 12.7 Å². The normalized spacial score (nSPS) is 15.9. The lowest BCUT2D eigenvalue weighted by Crippen LogP contribution is -2.02. The van der Waals surface area contributed by atoms with Crippen LogP contribution in [0.2, 0.25) is 0 Å². The molecular formula is C21H19FO5S. The number of carbonyl (C=O) groups is 1. The number of benzene rings is 2. The zero-order chi connectivity index (χ0) is 20.6. The summed E-state index contributed by atoms with van der Waals surface area (Å²) in [5.41, 5.74) is 2.48. The number of methoxy groups -OCH3 is 1. The number of carbonyl (C=O) groups excluding carboxylic acids is 1. The lowest BCUT2D eigenvalue weighted by Gasteiger charge is -2.10. The summed E-state index contributed by atoms with van der Waals surface area (Å²) in [5, 5.41) is 0. The summed E-state index contributed by atoms with van der Waals surface area (Å²) in [6.45, 7) is 3.55. The lowest BCUT2D eigenvalue weighted by molar-refractivity contribution is -0.131. The highest BCUT2D eigenvalue weighted by molar-refractivity contribution is 7.90. The van der Waals surface area contributed by atoms with E-state index in [4.69, 9.17) is 9.47 Å². The largest absolute Gasteiger partial charge is 0.496 e. The number of ether oxygens (including phenoxy) is 2. The number of rotatable bonds is 4. The van der Waals surface area contributed by atoms with Gasteiger partial charge in [0.15, 0.2) is 9.84 Å². The van der Waals surface area contributed by atoms with Gasteiger partial charge in [0.2, 0.25) is 0 Å². The van der Waals surface area contributed by atoms with Gasteiger partial charge in [-0.3, -0.25) is 0 Å². The van der Waals surface area contributed by atoms with Crippen LogP contribution < -0.4 is 4.74 Å². The molecule has 28 heavy (non-hydrogen) atoms. The molecule has 5 nitrogen and oxygen atoms in total. The number of aryl methyl sites for hydroxylation is 1. The maximum atomic E-state index is 14.5. The summed E-state index contributed by atoms with van der Waals surface area (Å²) in [7, 11) is -2.14. The number of hydrogen-bond donors (Lipinski definition) is 0. The molecule has 1 aliphatic heterocycles. The van der Waals surface area contributed by atoms with Crippen LogP contribution in [-0.4, -0.2) is 27.8 Å². The molecule has 3 rings (SSSR count).